The van der Waals surface area contributed by atoms with Crippen LogP contribution in [-0.4, -0.2) is 48.1 Å². The Hall–Kier alpha value is -7.02. The van der Waals surface area contributed by atoms with E-state index in [1.807, 2.05) is 66.7 Å². The molecule has 2 saturated carbocycles. The number of hydrogen-bond acceptors (Lipinski definition) is 8. The molecule has 0 radical (unpaired) electrons. The Morgan fingerprint density at radius 3 is 1.68 bits per heavy atom. The van der Waals surface area contributed by atoms with Gasteiger partial charge < -0.3 is 24.8 Å². The van der Waals surface area contributed by atoms with Gasteiger partial charge in [0.05, 0.1) is 30.6 Å². The standard InChI is InChI=1S/C24H21F3N2O3.C23H20N2O3/c1-31-20-5-3-2-4-17(20)14-16-6-11-21(28-15-16)29-22(30)23(12-13-23)18-7-9-19(10-8-18)32-24(25,26)27;1-28-19-10-6-5-9-18(19)21(26)16-11-12-20(24-15-16)25-22(27)23(13-14-23)17-7-3-2-4-8-17/h2-11,15H,12-14H2,1H3,(H,28,29,30);2-12,15H,13-14H2,1H3,(H,24,25,27). The second-order valence-electron chi connectivity index (χ2n) is 14.5. The monoisotopic (exact) mass is 814 g/mol. The number of ketones is 1. The SMILES string of the molecule is COc1ccccc1C(=O)c1ccc(NC(=O)C2(c3ccccc3)CC2)nc1.COc1ccccc1Cc1ccc(NC(=O)C2(c3ccc(OC(F)(F)F)cc3)CC2)nc1. The van der Waals surface area contributed by atoms with Gasteiger partial charge in [0.1, 0.15) is 28.9 Å². The molecule has 60 heavy (non-hydrogen) atoms. The molecule has 0 unspecified atom stereocenters. The van der Waals surface area contributed by atoms with Crippen LogP contribution in [0.3, 0.4) is 0 Å². The van der Waals surface area contributed by atoms with Gasteiger partial charge >= 0.3 is 6.36 Å². The second-order valence-corrected chi connectivity index (χ2v) is 14.5. The number of anilines is 2. The maximum Gasteiger partial charge on any atom is 0.573 e. The maximum absolute atomic E-state index is 12.9. The summed E-state index contributed by atoms with van der Waals surface area (Å²) in [4.78, 5) is 47.0. The first-order chi connectivity index (χ1) is 28.9. The van der Waals surface area contributed by atoms with Crippen molar-refractivity contribution in [1.29, 1.82) is 0 Å². The summed E-state index contributed by atoms with van der Waals surface area (Å²) in [7, 11) is 3.16. The van der Waals surface area contributed by atoms with Crippen molar-refractivity contribution in [3.63, 3.8) is 0 Å². The maximum atomic E-state index is 12.9. The first-order valence-electron chi connectivity index (χ1n) is 19.2. The highest BCUT2D eigenvalue weighted by Crippen LogP contribution is 2.50. The summed E-state index contributed by atoms with van der Waals surface area (Å²) < 4.78 is 51.6. The molecule has 2 aromatic heterocycles. The summed E-state index contributed by atoms with van der Waals surface area (Å²) in [5.41, 5.74) is 3.37. The number of rotatable bonds is 13. The van der Waals surface area contributed by atoms with E-state index in [0.717, 1.165) is 35.3 Å². The number of amides is 2. The van der Waals surface area contributed by atoms with Crippen LogP contribution in [0.15, 0.2) is 140 Å². The lowest BCUT2D eigenvalue weighted by Gasteiger charge is -2.16. The summed E-state index contributed by atoms with van der Waals surface area (Å²) in [6, 6.07) is 37.0. The molecule has 8 rings (SSSR count). The Kier molecular flexibility index (Phi) is 12.0. The van der Waals surface area contributed by atoms with Crippen LogP contribution in [0.4, 0.5) is 24.8 Å². The number of nitrogens with one attached hydrogen (secondary N) is 2. The molecule has 306 valence electrons. The predicted molar refractivity (Wildman–Crippen MR) is 219 cm³/mol. The normalized spacial score (nSPS) is 14.3. The molecule has 0 saturated heterocycles. The fourth-order valence-corrected chi connectivity index (χ4v) is 7.01. The molecule has 2 amide bonds. The topological polar surface area (TPSA) is 129 Å². The Balaban J connectivity index is 0.000000183. The van der Waals surface area contributed by atoms with Crippen molar-refractivity contribution < 1.29 is 41.8 Å². The molecule has 10 nitrogen and oxygen atoms in total. The number of carbonyl (C=O) groups excluding carboxylic acids is 3. The number of methoxy groups -OCH3 is 2. The quantitative estimate of drug-likeness (QED) is 0.111. The van der Waals surface area contributed by atoms with Gasteiger partial charge in [-0.25, -0.2) is 9.97 Å². The van der Waals surface area contributed by atoms with E-state index in [1.54, 1.807) is 49.7 Å². The summed E-state index contributed by atoms with van der Waals surface area (Å²) >= 11 is 0. The highest BCUT2D eigenvalue weighted by molar-refractivity contribution is 6.10. The largest absolute Gasteiger partial charge is 0.573 e. The molecule has 2 fully saturated rings. The van der Waals surface area contributed by atoms with Crippen LogP contribution in [0, 0.1) is 0 Å². The summed E-state index contributed by atoms with van der Waals surface area (Å²) in [5, 5.41) is 5.71. The van der Waals surface area contributed by atoms with Crippen LogP contribution in [0.5, 0.6) is 17.2 Å². The average molecular weight is 815 g/mol. The molecule has 13 heteroatoms. The highest BCUT2D eigenvalue weighted by Gasteiger charge is 2.52. The van der Waals surface area contributed by atoms with Gasteiger partial charge in [-0.1, -0.05) is 78.9 Å². The molecule has 2 heterocycles. The zero-order chi connectivity index (χ0) is 42.3. The van der Waals surface area contributed by atoms with Crippen LogP contribution >= 0.6 is 0 Å². The Bertz CT molecular complexity index is 2450. The Labute approximate surface area is 344 Å². The number of benzene rings is 4. The van der Waals surface area contributed by atoms with E-state index in [0.29, 0.717) is 53.3 Å². The third-order valence-corrected chi connectivity index (χ3v) is 10.6. The molecule has 0 bridgehead atoms. The van der Waals surface area contributed by atoms with Crippen molar-refractivity contribution in [3.8, 4) is 17.2 Å². The minimum atomic E-state index is -4.75. The first-order valence-corrected chi connectivity index (χ1v) is 19.2. The zero-order valence-electron chi connectivity index (χ0n) is 32.8. The van der Waals surface area contributed by atoms with Gasteiger partial charge in [0.15, 0.2) is 5.78 Å². The number of hydrogen-bond donors (Lipinski definition) is 2. The molecular weight excluding hydrogens is 774 g/mol. The van der Waals surface area contributed by atoms with Gasteiger partial charge in [-0.2, -0.15) is 0 Å². The molecule has 0 aliphatic heterocycles. The fourth-order valence-electron chi connectivity index (χ4n) is 7.01. The second kappa shape index (κ2) is 17.5. The number of ether oxygens (including phenoxy) is 3. The van der Waals surface area contributed by atoms with Gasteiger partial charge in [0.2, 0.25) is 11.8 Å². The molecule has 2 aliphatic carbocycles. The van der Waals surface area contributed by atoms with Crippen LogP contribution in [0.2, 0.25) is 0 Å². The molecule has 0 spiro atoms. The van der Waals surface area contributed by atoms with Crippen molar-refractivity contribution in [1.82, 2.24) is 9.97 Å². The van der Waals surface area contributed by atoms with Crippen molar-refractivity contribution >= 4 is 29.2 Å². The number of aromatic nitrogens is 2. The van der Waals surface area contributed by atoms with Crippen LogP contribution in [0.25, 0.3) is 0 Å². The van der Waals surface area contributed by atoms with Crippen molar-refractivity contribution in [3.05, 3.63) is 173 Å². The van der Waals surface area contributed by atoms with Crippen molar-refractivity contribution in [2.75, 3.05) is 24.9 Å². The molecule has 2 N–H and O–H groups in total. The lowest BCUT2D eigenvalue weighted by molar-refractivity contribution is -0.274. The summed E-state index contributed by atoms with van der Waals surface area (Å²) in [6.45, 7) is 0. The zero-order valence-corrected chi connectivity index (χ0v) is 32.8. The summed E-state index contributed by atoms with van der Waals surface area (Å²) in [6.07, 6.45) is 1.95. The minimum absolute atomic E-state index is 0.0602. The van der Waals surface area contributed by atoms with Gasteiger partial charge in [0, 0.05) is 24.4 Å². The van der Waals surface area contributed by atoms with Crippen molar-refractivity contribution in [2.45, 2.75) is 49.3 Å². The average Bonchev–Trinajstić information content (AvgIpc) is 4.21. The van der Waals surface area contributed by atoms with Crippen LogP contribution < -0.4 is 24.8 Å². The number of halogens is 3. The molecule has 0 atom stereocenters. The van der Waals surface area contributed by atoms with Crippen molar-refractivity contribution in [2.24, 2.45) is 0 Å². The van der Waals surface area contributed by atoms with Crippen LogP contribution in [0.1, 0.15) is 63.9 Å². The smallest absolute Gasteiger partial charge is 0.496 e. The number of carbonyl (C=O) groups is 3. The summed E-state index contributed by atoms with van der Waals surface area (Å²) in [5.74, 6) is 1.39. The van der Waals surface area contributed by atoms with E-state index >= 15 is 0 Å². The van der Waals surface area contributed by atoms with E-state index in [9.17, 15) is 27.6 Å². The molecule has 2 aliphatic rings. The van der Waals surface area contributed by atoms with Crippen LogP contribution in [-0.2, 0) is 26.8 Å². The number of alkyl halides is 3. The number of pyridine rings is 2. The first kappa shape index (κ1) is 41.2. The van der Waals surface area contributed by atoms with E-state index < -0.39 is 17.2 Å². The molecule has 6 aromatic rings. The van der Waals surface area contributed by atoms with E-state index in [1.165, 1.54) is 37.6 Å². The van der Waals surface area contributed by atoms with Gasteiger partial charge in [-0.05, 0) is 96.5 Å². The van der Waals surface area contributed by atoms with Gasteiger partial charge in [-0.15, -0.1) is 13.2 Å². The lowest BCUT2D eigenvalue weighted by Crippen LogP contribution is -2.28. The third kappa shape index (κ3) is 9.47. The molecular formula is C47H41F3N4O6. The van der Waals surface area contributed by atoms with Gasteiger partial charge in [0.25, 0.3) is 0 Å². The Morgan fingerprint density at radius 2 is 1.15 bits per heavy atom. The van der Waals surface area contributed by atoms with E-state index in [-0.39, 0.29) is 23.3 Å². The molecule has 4 aromatic carbocycles. The minimum Gasteiger partial charge on any atom is -0.496 e. The van der Waals surface area contributed by atoms with E-state index in [2.05, 4.69) is 25.3 Å². The number of nitrogens with zero attached hydrogens (tertiary/aromatic N) is 2. The Morgan fingerprint density at radius 1 is 0.617 bits per heavy atom. The third-order valence-electron chi connectivity index (χ3n) is 10.6. The predicted octanol–water partition coefficient (Wildman–Crippen LogP) is 9.24. The highest BCUT2D eigenvalue weighted by atomic mass is 19.4. The van der Waals surface area contributed by atoms with Gasteiger partial charge in [-0.3, -0.25) is 14.4 Å². The lowest BCUT2D eigenvalue weighted by atomic mass is 9.95. The van der Waals surface area contributed by atoms with E-state index in [4.69, 9.17) is 9.47 Å². The number of para-hydroxylation sites is 2. The fraction of sp³-hybridized carbons (Fsp3) is 0.213.